The van der Waals surface area contributed by atoms with Gasteiger partial charge in [0.15, 0.2) is 23.1 Å². The molecule has 0 unspecified atom stereocenters. The van der Waals surface area contributed by atoms with Crippen LogP contribution in [0.5, 0.6) is 0 Å². The minimum Gasteiger partial charge on any atom is -0.456 e. The second-order valence-electron chi connectivity index (χ2n) is 16.6. The Labute approximate surface area is 376 Å². The lowest BCUT2D eigenvalue weighted by atomic mass is 10.1. The monoisotopic (exact) mass is 846 g/mol. The first-order valence-corrected chi connectivity index (χ1v) is 22.0. The van der Waals surface area contributed by atoms with Crippen LogP contribution in [0.4, 0.5) is 0 Å². The molecular weight excluding hydrogens is 813 g/mol. The normalized spacial score (nSPS) is 11.9. The van der Waals surface area contributed by atoms with Gasteiger partial charge in [0.1, 0.15) is 16.7 Å². The number of hydrogen-bond acceptors (Lipinski definition) is 6. The molecule has 5 aromatic heterocycles. The summed E-state index contributed by atoms with van der Waals surface area (Å²) in [7, 11) is 0. The van der Waals surface area contributed by atoms with Crippen molar-refractivity contribution >= 4 is 76.6 Å². The van der Waals surface area contributed by atoms with E-state index in [1.165, 1.54) is 5.39 Å². The van der Waals surface area contributed by atoms with Crippen LogP contribution in [0.1, 0.15) is 0 Å². The summed E-state index contributed by atoms with van der Waals surface area (Å²) in [5.74, 6) is 2.39. The Morgan fingerprint density at radius 2 is 0.894 bits per heavy atom. The zero-order valence-corrected chi connectivity index (χ0v) is 35.1. The summed E-state index contributed by atoms with van der Waals surface area (Å²) >= 11 is 0. The number of nitrogens with zero attached hydrogens (tertiary/aromatic N) is 6. The summed E-state index contributed by atoms with van der Waals surface area (Å²) in [6.45, 7) is 0. The summed E-state index contributed by atoms with van der Waals surface area (Å²) in [4.78, 5) is 19.8. The highest BCUT2D eigenvalue weighted by molar-refractivity contribution is 6.24. The number of hydrogen-bond donors (Lipinski definition) is 0. The number of rotatable bonds is 6. The van der Waals surface area contributed by atoms with Crippen molar-refractivity contribution in [1.29, 1.82) is 0 Å². The Morgan fingerprint density at radius 1 is 0.333 bits per heavy atom. The van der Waals surface area contributed by atoms with Gasteiger partial charge in [-0.2, -0.15) is 0 Å². The van der Waals surface area contributed by atoms with Gasteiger partial charge in [-0.05, 0) is 66.7 Å². The molecule has 0 bridgehead atoms. The van der Waals surface area contributed by atoms with E-state index < -0.39 is 0 Å². The molecule has 0 spiro atoms. The zero-order valence-electron chi connectivity index (χ0n) is 35.1. The molecule has 66 heavy (non-hydrogen) atoms. The Kier molecular flexibility index (Phi) is 7.81. The van der Waals surface area contributed by atoms with Crippen LogP contribution in [0.25, 0.3) is 134 Å². The molecule has 0 saturated heterocycles. The Bertz CT molecular complexity index is 4170. The van der Waals surface area contributed by atoms with Gasteiger partial charge in [0.25, 0.3) is 0 Å². The van der Waals surface area contributed by atoms with E-state index in [1.54, 1.807) is 0 Å². The number of furan rings is 1. The van der Waals surface area contributed by atoms with Crippen LogP contribution in [0, 0.1) is 0 Å². The maximum absolute atomic E-state index is 6.70. The minimum absolute atomic E-state index is 0.577. The molecule has 0 saturated carbocycles. The Balaban J connectivity index is 0.982. The number of benzene rings is 9. The molecule has 0 fully saturated rings. The van der Waals surface area contributed by atoms with Gasteiger partial charge in [-0.1, -0.05) is 140 Å². The largest absolute Gasteiger partial charge is 0.456 e. The molecule has 14 aromatic rings. The Hall–Kier alpha value is -9.14. The van der Waals surface area contributed by atoms with E-state index in [1.807, 2.05) is 103 Å². The SMILES string of the molecule is c1ccc(-c2nc(-c3ccccc3)nc(-c3ccc4c(c3)oc3ccc(-n5c6ccccc6c6ccc7c8ccccc8n(-c8cccc9nc(-c%10ccccc%10)oc89)c7c65)cc34)n2)cc1. The van der Waals surface area contributed by atoms with E-state index in [2.05, 4.69) is 112 Å². The standard InChI is InChI=1S/C58H34N6O2/c1-4-15-35(16-5-1)55-60-56(36-17-6-2-7-18-36)62-57(61-55)38-27-29-42-45-34-39(28-32-50(45)65-51(42)33-38)63-47-24-12-10-21-40(47)43-30-31-44-41-22-11-13-25-48(41)64(53(44)52(43)63)49-26-14-23-46-54(49)66-58(59-46)37-19-8-3-9-20-37/h1-34H. The summed E-state index contributed by atoms with van der Waals surface area (Å²) in [5, 5.41) is 6.64. The number of fused-ring (bicyclic) bond motifs is 11. The summed E-state index contributed by atoms with van der Waals surface area (Å²) in [5.41, 5.74) is 13.0. The van der Waals surface area contributed by atoms with Crippen LogP contribution in [-0.4, -0.2) is 29.1 Å². The van der Waals surface area contributed by atoms with Crippen LogP contribution in [0.3, 0.4) is 0 Å². The van der Waals surface area contributed by atoms with Crippen molar-refractivity contribution in [2.75, 3.05) is 0 Å². The maximum Gasteiger partial charge on any atom is 0.227 e. The van der Waals surface area contributed by atoms with E-state index in [4.69, 9.17) is 28.8 Å². The van der Waals surface area contributed by atoms with Gasteiger partial charge in [-0.3, -0.25) is 0 Å². The molecule has 5 heterocycles. The average Bonchev–Trinajstić information content (AvgIpc) is 4.16. The first-order chi connectivity index (χ1) is 32.7. The minimum atomic E-state index is 0.577. The van der Waals surface area contributed by atoms with Gasteiger partial charge < -0.3 is 18.0 Å². The predicted octanol–water partition coefficient (Wildman–Crippen LogP) is 14.8. The van der Waals surface area contributed by atoms with Gasteiger partial charge in [-0.25, -0.2) is 19.9 Å². The maximum atomic E-state index is 6.70. The third-order valence-corrected chi connectivity index (χ3v) is 12.8. The molecule has 8 nitrogen and oxygen atoms in total. The molecule has 308 valence electrons. The molecule has 0 N–H and O–H groups in total. The fourth-order valence-corrected chi connectivity index (χ4v) is 9.81. The summed E-state index contributed by atoms with van der Waals surface area (Å²) < 4.78 is 18.1. The van der Waals surface area contributed by atoms with E-state index in [0.29, 0.717) is 23.4 Å². The van der Waals surface area contributed by atoms with Crippen molar-refractivity contribution < 1.29 is 8.83 Å². The second kappa shape index (κ2) is 14.2. The highest BCUT2D eigenvalue weighted by Gasteiger charge is 2.24. The molecule has 0 radical (unpaired) electrons. The second-order valence-corrected chi connectivity index (χ2v) is 16.6. The molecular formula is C58H34N6O2. The van der Waals surface area contributed by atoms with Crippen molar-refractivity contribution in [3.05, 3.63) is 206 Å². The van der Waals surface area contributed by atoms with E-state index >= 15 is 0 Å². The van der Waals surface area contributed by atoms with Crippen molar-refractivity contribution in [2.45, 2.75) is 0 Å². The molecule has 9 aromatic carbocycles. The fraction of sp³-hybridized carbons (Fsp3) is 0. The molecule has 0 aliphatic rings. The van der Waals surface area contributed by atoms with E-state index in [-0.39, 0.29) is 0 Å². The van der Waals surface area contributed by atoms with Crippen molar-refractivity contribution in [3.8, 4) is 57.0 Å². The summed E-state index contributed by atoms with van der Waals surface area (Å²) in [6, 6.07) is 71.0. The van der Waals surface area contributed by atoms with Crippen molar-refractivity contribution in [2.24, 2.45) is 0 Å². The first-order valence-electron chi connectivity index (χ1n) is 22.0. The number of aromatic nitrogens is 6. The van der Waals surface area contributed by atoms with Gasteiger partial charge >= 0.3 is 0 Å². The molecule has 8 heteroatoms. The summed E-state index contributed by atoms with van der Waals surface area (Å²) in [6.07, 6.45) is 0. The Morgan fingerprint density at radius 3 is 1.56 bits per heavy atom. The number of para-hydroxylation sites is 3. The van der Waals surface area contributed by atoms with Gasteiger partial charge in [0, 0.05) is 60.3 Å². The topological polar surface area (TPSA) is 87.7 Å². The highest BCUT2D eigenvalue weighted by atomic mass is 16.3. The van der Waals surface area contributed by atoms with Crippen molar-refractivity contribution in [1.82, 2.24) is 29.1 Å². The van der Waals surface area contributed by atoms with Gasteiger partial charge in [-0.15, -0.1) is 0 Å². The molecule has 0 amide bonds. The van der Waals surface area contributed by atoms with Crippen LogP contribution < -0.4 is 0 Å². The molecule has 14 rings (SSSR count). The lowest BCUT2D eigenvalue weighted by Gasteiger charge is -2.13. The molecule has 0 atom stereocenters. The van der Waals surface area contributed by atoms with Crippen LogP contribution >= 0.6 is 0 Å². The lowest BCUT2D eigenvalue weighted by molar-refractivity contribution is 0.618. The smallest absolute Gasteiger partial charge is 0.227 e. The number of oxazole rings is 1. The zero-order chi connectivity index (χ0) is 43.3. The molecule has 0 aliphatic carbocycles. The van der Waals surface area contributed by atoms with Gasteiger partial charge in [0.05, 0.1) is 27.8 Å². The van der Waals surface area contributed by atoms with Gasteiger partial charge in [0.2, 0.25) is 5.89 Å². The third-order valence-electron chi connectivity index (χ3n) is 12.8. The van der Waals surface area contributed by atoms with Crippen LogP contribution in [0.15, 0.2) is 215 Å². The van der Waals surface area contributed by atoms with Crippen LogP contribution in [0.2, 0.25) is 0 Å². The third kappa shape index (κ3) is 5.52. The lowest BCUT2D eigenvalue weighted by Crippen LogP contribution is -2.00. The van der Waals surface area contributed by atoms with E-state index in [9.17, 15) is 0 Å². The molecule has 0 aliphatic heterocycles. The van der Waals surface area contributed by atoms with Crippen molar-refractivity contribution in [3.63, 3.8) is 0 Å². The van der Waals surface area contributed by atoms with Crippen LogP contribution in [-0.2, 0) is 0 Å². The quantitative estimate of drug-likeness (QED) is 0.166. The average molecular weight is 847 g/mol. The first kappa shape index (κ1) is 36.4. The highest BCUT2D eigenvalue weighted by Crippen LogP contribution is 2.44. The predicted molar refractivity (Wildman–Crippen MR) is 265 cm³/mol. The van der Waals surface area contributed by atoms with E-state index in [0.717, 1.165) is 105 Å². The fourth-order valence-electron chi connectivity index (χ4n) is 9.81.